The second kappa shape index (κ2) is 7.98. The average molecular weight is 489 g/mol. The number of benzene rings is 1. The minimum atomic E-state index is -0.222. The van der Waals surface area contributed by atoms with Crippen LogP contribution in [0.25, 0.3) is 21.7 Å². The Morgan fingerprint density at radius 3 is 2.88 bits per heavy atom. The molecule has 0 aliphatic rings. The molecule has 32 heavy (non-hydrogen) atoms. The van der Waals surface area contributed by atoms with Gasteiger partial charge in [0.2, 0.25) is 0 Å². The molecule has 9 heteroatoms. The van der Waals surface area contributed by atoms with E-state index in [9.17, 15) is 4.79 Å². The van der Waals surface area contributed by atoms with E-state index >= 15 is 0 Å². The summed E-state index contributed by atoms with van der Waals surface area (Å²) < 4.78 is 7.84. The Labute approximate surface area is 190 Å². The largest absolute Gasteiger partial charge is 0.364 e. The lowest BCUT2D eigenvalue weighted by atomic mass is 10.0. The van der Waals surface area contributed by atoms with E-state index in [1.807, 2.05) is 42.8 Å². The van der Waals surface area contributed by atoms with Crippen molar-refractivity contribution in [3.63, 3.8) is 0 Å². The molecule has 0 bridgehead atoms. The summed E-state index contributed by atoms with van der Waals surface area (Å²) in [5.41, 5.74) is 2.43. The number of halogens is 1. The first-order valence-electron chi connectivity index (χ1n) is 9.78. The summed E-state index contributed by atoms with van der Waals surface area (Å²) in [5, 5.41) is 9.44. The SMILES string of the molecule is Cc1cc(CNc2nc3c(C#Cc4cncn4C)c[nH]c(=O)c3c3cc(Br)ccc23)no1. The molecule has 0 fully saturated rings. The minimum absolute atomic E-state index is 0.222. The van der Waals surface area contributed by atoms with Crippen LogP contribution < -0.4 is 10.9 Å². The van der Waals surface area contributed by atoms with Gasteiger partial charge in [0.15, 0.2) is 0 Å². The lowest BCUT2D eigenvalue weighted by Crippen LogP contribution is -2.10. The number of aromatic nitrogens is 5. The molecule has 158 valence electrons. The Balaban J connectivity index is 1.71. The third kappa shape index (κ3) is 3.65. The molecule has 5 rings (SSSR count). The highest BCUT2D eigenvalue weighted by Gasteiger charge is 2.15. The summed E-state index contributed by atoms with van der Waals surface area (Å²) in [4.78, 5) is 24.5. The van der Waals surface area contributed by atoms with Crippen LogP contribution >= 0.6 is 15.9 Å². The van der Waals surface area contributed by atoms with Gasteiger partial charge in [-0.05, 0) is 31.0 Å². The molecule has 0 radical (unpaired) electrons. The fraction of sp³-hybridized carbons (Fsp3) is 0.130. The molecule has 0 aliphatic heterocycles. The Bertz CT molecular complexity index is 1600. The molecular formula is C23H17BrN6O2. The van der Waals surface area contributed by atoms with Gasteiger partial charge in [-0.1, -0.05) is 27.0 Å². The number of hydrogen-bond acceptors (Lipinski definition) is 6. The van der Waals surface area contributed by atoms with Gasteiger partial charge in [-0.2, -0.15) is 0 Å². The maximum atomic E-state index is 12.8. The highest BCUT2D eigenvalue weighted by atomic mass is 79.9. The van der Waals surface area contributed by atoms with Gasteiger partial charge in [0.1, 0.15) is 23.0 Å². The Morgan fingerprint density at radius 1 is 1.25 bits per heavy atom. The van der Waals surface area contributed by atoms with Crippen molar-refractivity contribution >= 4 is 43.4 Å². The van der Waals surface area contributed by atoms with Crippen molar-refractivity contribution in [2.24, 2.45) is 7.05 Å². The van der Waals surface area contributed by atoms with Crippen LogP contribution in [0, 0.1) is 18.8 Å². The number of pyridine rings is 2. The maximum absolute atomic E-state index is 12.8. The number of hydrogen-bond donors (Lipinski definition) is 2. The zero-order chi connectivity index (χ0) is 22.2. The Kier molecular flexibility index (Phi) is 4.99. The summed E-state index contributed by atoms with van der Waals surface area (Å²) in [5.74, 6) is 7.60. The topological polar surface area (TPSA) is 102 Å². The number of fused-ring (bicyclic) bond motifs is 3. The lowest BCUT2D eigenvalue weighted by Gasteiger charge is -2.12. The monoisotopic (exact) mass is 488 g/mol. The number of nitrogens with one attached hydrogen (secondary N) is 2. The predicted molar refractivity (Wildman–Crippen MR) is 125 cm³/mol. The zero-order valence-corrected chi connectivity index (χ0v) is 18.8. The van der Waals surface area contributed by atoms with Crippen molar-refractivity contribution in [2.75, 3.05) is 5.32 Å². The fourth-order valence-corrected chi connectivity index (χ4v) is 3.86. The van der Waals surface area contributed by atoms with Crippen LogP contribution in [0.1, 0.15) is 22.7 Å². The van der Waals surface area contributed by atoms with E-state index in [2.05, 4.69) is 48.2 Å². The average Bonchev–Trinajstić information content (AvgIpc) is 3.38. The van der Waals surface area contributed by atoms with E-state index in [1.54, 1.807) is 18.7 Å². The molecule has 0 unspecified atom stereocenters. The van der Waals surface area contributed by atoms with Crippen molar-refractivity contribution in [1.82, 2.24) is 24.7 Å². The maximum Gasteiger partial charge on any atom is 0.258 e. The van der Waals surface area contributed by atoms with Crippen LogP contribution in [-0.2, 0) is 13.6 Å². The van der Waals surface area contributed by atoms with Crippen molar-refractivity contribution in [3.8, 4) is 11.8 Å². The zero-order valence-electron chi connectivity index (χ0n) is 17.2. The second-order valence-corrected chi connectivity index (χ2v) is 8.24. The molecular weight excluding hydrogens is 472 g/mol. The van der Waals surface area contributed by atoms with Gasteiger partial charge in [-0.25, -0.2) is 9.97 Å². The Hall–Kier alpha value is -3.90. The van der Waals surface area contributed by atoms with Gasteiger partial charge < -0.3 is 19.4 Å². The van der Waals surface area contributed by atoms with Crippen LogP contribution in [0.2, 0.25) is 0 Å². The van der Waals surface area contributed by atoms with Gasteiger partial charge in [-0.3, -0.25) is 4.79 Å². The summed E-state index contributed by atoms with van der Waals surface area (Å²) in [7, 11) is 1.87. The van der Waals surface area contributed by atoms with E-state index in [0.717, 1.165) is 32.4 Å². The predicted octanol–water partition coefficient (Wildman–Crippen LogP) is 3.88. The lowest BCUT2D eigenvalue weighted by molar-refractivity contribution is 0.391. The summed E-state index contributed by atoms with van der Waals surface area (Å²) in [6.07, 6.45) is 4.97. The van der Waals surface area contributed by atoms with E-state index in [0.29, 0.717) is 28.8 Å². The van der Waals surface area contributed by atoms with Crippen LogP contribution in [-0.4, -0.2) is 24.7 Å². The van der Waals surface area contributed by atoms with Crippen LogP contribution in [0.5, 0.6) is 0 Å². The van der Waals surface area contributed by atoms with E-state index in [1.165, 1.54) is 0 Å². The third-order valence-corrected chi connectivity index (χ3v) is 5.55. The van der Waals surface area contributed by atoms with Gasteiger partial charge in [0, 0.05) is 34.6 Å². The fourth-order valence-electron chi connectivity index (χ4n) is 3.50. The molecule has 1 aromatic carbocycles. The molecule has 0 atom stereocenters. The first kappa shape index (κ1) is 20.0. The van der Waals surface area contributed by atoms with Crippen molar-refractivity contribution in [2.45, 2.75) is 13.5 Å². The summed E-state index contributed by atoms with van der Waals surface area (Å²) in [6.45, 7) is 2.28. The first-order chi connectivity index (χ1) is 15.5. The molecule has 0 amide bonds. The molecule has 8 nitrogen and oxygen atoms in total. The van der Waals surface area contributed by atoms with E-state index in [4.69, 9.17) is 9.51 Å². The highest BCUT2D eigenvalue weighted by Crippen LogP contribution is 2.31. The number of H-pyrrole nitrogens is 1. The van der Waals surface area contributed by atoms with Gasteiger partial charge >= 0.3 is 0 Å². The van der Waals surface area contributed by atoms with Crippen molar-refractivity contribution in [3.05, 3.63) is 80.5 Å². The number of nitrogens with zero attached hydrogens (tertiary/aromatic N) is 4. The van der Waals surface area contributed by atoms with E-state index < -0.39 is 0 Å². The highest BCUT2D eigenvalue weighted by molar-refractivity contribution is 9.10. The standard InChI is InChI=1S/C23H17BrN6O2/c1-13-7-16(29-32-13)10-26-22-18-6-4-15(24)8-19(18)20-21(28-22)14(9-27-23(20)31)3-5-17-11-25-12-30(17)2/h4,6-9,11-12H,10H2,1-2H3,(H,26,28)(H,27,31). The number of aromatic amines is 1. The van der Waals surface area contributed by atoms with Gasteiger partial charge in [-0.15, -0.1) is 0 Å². The molecule has 5 aromatic rings. The molecule has 2 N–H and O–H groups in total. The number of aryl methyl sites for hydroxylation is 2. The molecule has 0 saturated heterocycles. The molecule has 0 aliphatic carbocycles. The van der Waals surface area contributed by atoms with Gasteiger partial charge in [0.05, 0.1) is 35.5 Å². The van der Waals surface area contributed by atoms with Gasteiger partial charge in [0.25, 0.3) is 5.56 Å². The molecule has 0 saturated carbocycles. The Morgan fingerprint density at radius 2 is 2.12 bits per heavy atom. The number of rotatable bonds is 3. The summed E-state index contributed by atoms with van der Waals surface area (Å²) >= 11 is 3.52. The van der Waals surface area contributed by atoms with Crippen molar-refractivity contribution in [1.29, 1.82) is 0 Å². The normalized spacial score (nSPS) is 11.0. The number of imidazole rings is 1. The minimum Gasteiger partial charge on any atom is -0.364 e. The quantitative estimate of drug-likeness (QED) is 0.295. The smallest absolute Gasteiger partial charge is 0.258 e. The molecule has 0 spiro atoms. The van der Waals surface area contributed by atoms with E-state index in [-0.39, 0.29) is 5.56 Å². The second-order valence-electron chi connectivity index (χ2n) is 7.33. The van der Waals surface area contributed by atoms with Crippen LogP contribution in [0.3, 0.4) is 0 Å². The molecule has 4 heterocycles. The van der Waals surface area contributed by atoms with Crippen LogP contribution in [0.4, 0.5) is 5.82 Å². The third-order valence-electron chi connectivity index (χ3n) is 5.05. The summed E-state index contributed by atoms with van der Waals surface area (Å²) in [6, 6.07) is 7.62. The number of anilines is 1. The van der Waals surface area contributed by atoms with Crippen molar-refractivity contribution < 1.29 is 4.52 Å². The van der Waals surface area contributed by atoms with Crippen LogP contribution in [0.15, 0.2) is 56.8 Å². The first-order valence-corrected chi connectivity index (χ1v) is 10.6. The molecule has 4 aromatic heterocycles.